The van der Waals surface area contributed by atoms with Gasteiger partial charge in [0.15, 0.2) is 11.2 Å². The average molecular weight is 232 g/mol. The summed E-state index contributed by atoms with van der Waals surface area (Å²) in [5, 5.41) is 0. The summed E-state index contributed by atoms with van der Waals surface area (Å²) in [6, 6.07) is 1.57. The zero-order chi connectivity index (χ0) is 12.3. The molecule has 1 N–H and O–H groups in total. The summed E-state index contributed by atoms with van der Waals surface area (Å²) in [5.41, 5.74) is 1.26. The molecule has 0 aliphatic heterocycles. The maximum Gasteiger partial charge on any atom is 0.418 e. The minimum absolute atomic E-state index is 0.00558. The molecule has 6 nitrogen and oxygen atoms in total. The Morgan fingerprint density at radius 2 is 2.47 bits per heavy atom. The van der Waals surface area contributed by atoms with Crippen molar-refractivity contribution in [2.24, 2.45) is 0 Å². The number of nitrogens with one attached hydrogen (secondary N) is 1. The van der Waals surface area contributed by atoms with Gasteiger partial charge < -0.3 is 9.15 Å². The Labute approximate surface area is 95.6 Å². The van der Waals surface area contributed by atoms with Gasteiger partial charge in [0.25, 0.3) is 0 Å². The molecule has 0 spiro atoms. The Morgan fingerprint density at radius 3 is 3.24 bits per heavy atom. The molecule has 0 saturated carbocycles. The Hall–Kier alpha value is -2.55. The zero-order valence-electron chi connectivity index (χ0n) is 8.94. The first-order chi connectivity index (χ1) is 8.19. The van der Waals surface area contributed by atoms with Crippen LogP contribution in [0.3, 0.4) is 0 Å². The number of ether oxygens (including phenoxy) is 1. The van der Waals surface area contributed by atoms with Crippen molar-refractivity contribution in [3.63, 3.8) is 0 Å². The van der Waals surface area contributed by atoms with Crippen molar-refractivity contribution in [3.05, 3.63) is 28.4 Å². The van der Waals surface area contributed by atoms with E-state index in [0.717, 1.165) is 0 Å². The number of H-pyrrole nitrogens is 1. The van der Waals surface area contributed by atoms with E-state index < -0.39 is 11.7 Å². The van der Waals surface area contributed by atoms with Crippen molar-refractivity contribution in [2.75, 3.05) is 7.11 Å². The van der Waals surface area contributed by atoms with Gasteiger partial charge in [-0.25, -0.2) is 9.78 Å². The highest BCUT2D eigenvalue weighted by molar-refractivity contribution is 5.73. The monoisotopic (exact) mass is 232 g/mol. The second-order valence-electron chi connectivity index (χ2n) is 3.14. The predicted molar refractivity (Wildman–Crippen MR) is 58.1 cm³/mol. The standard InChI is InChI=1S/C11H8N2O4/c1-16-9(14)4-2-3-7-5-8-10(12-6-7)13-11(15)17-8/h5-6H,4H2,1H3,(H,12,13,15). The van der Waals surface area contributed by atoms with Crippen molar-refractivity contribution >= 4 is 17.2 Å². The first kappa shape index (κ1) is 11.0. The molecule has 0 atom stereocenters. The van der Waals surface area contributed by atoms with E-state index in [1.54, 1.807) is 6.07 Å². The van der Waals surface area contributed by atoms with Gasteiger partial charge in [-0.05, 0) is 0 Å². The van der Waals surface area contributed by atoms with Crippen molar-refractivity contribution in [1.29, 1.82) is 0 Å². The molecule has 2 heterocycles. The van der Waals surface area contributed by atoms with E-state index in [-0.39, 0.29) is 6.42 Å². The first-order valence-electron chi connectivity index (χ1n) is 4.73. The maximum atomic E-state index is 10.9. The molecule has 0 saturated heterocycles. The number of methoxy groups -OCH3 is 1. The van der Waals surface area contributed by atoms with Crippen LogP contribution in [0.4, 0.5) is 0 Å². The highest BCUT2D eigenvalue weighted by Crippen LogP contribution is 2.07. The number of pyridine rings is 1. The van der Waals surface area contributed by atoms with Gasteiger partial charge in [0.05, 0.1) is 7.11 Å². The summed E-state index contributed by atoms with van der Waals surface area (Å²) in [4.78, 5) is 28.1. The molecular weight excluding hydrogens is 224 g/mol. The Morgan fingerprint density at radius 1 is 1.65 bits per heavy atom. The second kappa shape index (κ2) is 4.53. The summed E-state index contributed by atoms with van der Waals surface area (Å²) in [6.45, 7) is 0. The first-order valence-corrected chi connectivity index (χ1v) is 4.73. The van der Waals surface area contributed by atoms with Gasteiger partial charge in [-0.15, -0.1) is 0 Å². The van der Waals surface area contributed by atoms with E-state index in [4.69, 9.17) is 4.42 Å². The molecule has 0 fully saturated rings. The fourth-order valence-corrected chi connectivity index (χ4v) is 1.20. The quantitative estimate of drug-likeness (QED) is 0.569. The molecule has 0 aliphatic rings. The summed E-state index contributed by atoms with van der Waals surface area (Å²) in [6.07, 6.45) is 1.49. The van der Waals surface area contributed by atoms with E-state index in [0.29, 0.717) is 16.8 Å². The van der Waals surface area contributed by atoms with Crippen LogP contribution in [0.1, 0.15) is 12.0 Å². The lowest BCUT2D eigenvalue weighted by molar-refractivity contribution is -0.139. The molecule has 2 rings (SSSR count). The lowest BCUT2D eigenvalue weighted by Gasteiger charge is -1.90. The smallest absolute Gasteiger partial charge is 0.418 e. The van der Waals surface area contributed by atoms with Gasteiger partial charge in [0, 0.05) is 17.8 Å². The van der Waals surface area contributed by atoms with Crippen molar-refractivity contribution in [2.45, 2.75) is 6.42 Å². The third-order valence-electron chi connectivity index (χ3n) is 1.97. The van der Waals surface area contributed by atoms with E-state index >= 15 is 0 Å². The summed E-state index contributed by atoms with van der Waals surface area (Å²) >= 11 is 0. The minimum Gasteiger partial charge on any atom is -0.468 e. The number of carbonyl (C=O) groups is 1. The molecule has 6 heteroatoms. The molecule has 86 valence electrons. The highest BCUT2D eigenvalue weighted by atomic mass is 16.5. The maximum absolute atomic E-state index is 10.9. The molecule has 0 aromatic carbocycles. The Kier molecular flexibility index (Phi) is 2.92. The van der Waals surface area contributed by atoms with Crippen LogP contribution in [-0.2, 0) is 9.53 Å². The van der Waals surface area contributed by atoms with E-state index in [2.05, 4.69) is 26.5 Å². The molecule has 0 unspecified atom stereocenters. The average Bonchev–Trinajstić information content (AvgIpc) is 2.68. The highest BCUT2D eigenvalue weighted by Gasteiger charge is 2.02. The van der Waals surface area contributed by atoms with E-state index in [9.17, 15) is 9.59 Å². The van der Waals surface area contributed by atoms with Crippen LogP contribution < -0.4 is 5.76 Å². The second-order valence-corrected chi connectivity index (χ2v) is 3.14. The lowest BCUT2D eigenvalue weighted by atomic mass is 10.2. The molecule has 0 bridgehead atoms. The van der Waals surface area contributed by atoms with Gasteiger partial charge >= 0.3 is 11.7 Å². The van der Waals surface area contributed by atoms with Crippen LogP contribution in [0, 0.1) is 11.8 Å². The normalized spacial score (nSPS) is 9.71. The summed E-state index contributed by atoms with van der Waals surface area (Å²) < 4.78 is 9.26. The predicted octanol–water partition coefficient (Wildman–Crippen LogP) is 0.431. The van der Waals surface area contributed by atoms with E-state index in [1.165, 1.54) is 13.3 Å². The number of rotatable bonds is 1. The number of hydrogen-bond acceptors (Lipinski definition) is 5. The fourth-order valence-electron chi connectivity index (χ4n) is 1.20. The van der Waals surface area contributed by atoms with Crippen LogP contribution in [0.5, 0.6) is 0 Å². The molecule has 17 heavy (non-hydrogen) atoms. The van der Waals surface area contributed by atoms with Gasteiger partial charge in [-0.1, -0.05) is 11.8 Å². The number of oxazole rings is 1. The van der Waals surface area contributed by atoms with Crippen molar-refractivity contribution in [3.8, 4) is 11.8 Å². The topological polar surface area (TPSA) is 85.2 Å². The van der Waals surface area contributed by atoms with Crippen LogP contribution in [0.15, 0.2) is 21.5 Å². The molecule has 0 radical (unpaired) electrons. The fraction of sp³-hybridized carbons (Fsp3) is 0.182. The zero-order valence-corrected chi connectivity index (χ0v) is 8.94. The third-order valence-corrected chi connectivity index (χ3v) is 1.97. The molecule has 2 aromatic rings. The van der Waals surface area contributed by atoms with Gasteiger partial charge in [-0.2, -0.15) is 0 Å². The van der Waals surface area contributed by atoms with Gasteiger partial charge in [0.2, 0.25) is 0 Å². The number of aromatic nitrogens is 2. The van der Waals surface area contributed by atoms with Crippen LogP contribution in [-0.4, -0.2) is 23.0 Å². The number of aromatic amines is 1. The Balaban J connectivity index is 2.24. The number of carbonyl (C=O) groups excluding carboxylic acids is 1. The van der Waals surface area contributed by atoms with Crippen molar-refractivity contribution in [1.82, 2.24) is 9.97 Å². The molecular formula is C11H8N2O4. The van der Waals surface area contributed by atoms with Crippen LogP contribution in [0.25, 0.3) is 11.2 Å². The Bertz CT molecular complexity index is 672. The summed E-state index contributed by atoms with van der Waals surface area (Å²) in [7, 11) is 1.30. The summed E-state index contributed by atoms with van der Waals surface area (Å²) in [5.74, 6) is 4.39. The van der Waals surface area contributed by atoms with E-state index in [1.807, 2.05) is 0 Å². The van der Waals surface area contributed by atoms with Gasteiger partial charge in [0.1, 0.15) is 6.42 Å². The van der Waals surface area contributed by atoms with Crippen molar-refractivity contribution < 1.29 is 13.9 Å². The van der Waals surface area contributed by atoms with Crippen LogP contribution in [0.2, 0.25) is 0 Å². The molecule has 2 aromatic heterocycles. The number of nitrogens with zero attached hydrogens (tertiary/aromatic N) is 1. The minimum atomic E-state index is -0.563. The third kappa shape index (κ3) is 2.52. The largest absolute Gasteiger partial charge is 0.468 e. The number of fused-ring (bicyclic) bond motifs is 1. The molecule has 0 aliphatic carbocycles. The number of hydrogen-bond donors (Lipinski definition) is 1. The van der Waals surface area contributed by atoms with Gasteiger partial charge in [-0.3, -0.25) is 9.78 Å². The lowest BCUT2D eigenvalue weighted by Crippen LogP contribution is -1.97. The SMILES string of the molecule is COC(=O)CC#Cc1cnc2[nH]c(=O)oc2c1. The number of esters is 1. The van der Waals surface area contributed by atoms with Crippen LogP contribution >= 0.6 is 0 Å². The molecule has 0 amide bonds.